The SMILES string of the molecule is OCC1CCN(c2ccccc2NCC2CC=CCC2)CC1. The second-order valence-electron chi connectivity index (χ2n) is 6.66. The molecule has 1 saturated heterocycles. The van der Waals surface area contributed by atoms with Crippen LogP contribution in [-0.4, -0.2) is 31.3 Å². The van der Waals surface area contributed by atoms with E-state index in [0.29, 0.717) is 12.5 Å². The number of hydrogen-bond acceptors (Lipinski definition) is 3. The summed E-state index contributed by atoms with van der Waals surface area (Å²) in [6, 6.07) is 8.67. The van der Waals surface area contributed by atoms with Crippen molar-refractivity contribution in [3.05, 3.63) is 36.4 Å². The molecule has 0 saturated carbocycles. The maximum atomic E-state index is 9.29. The molecule has 0 amide bonds. The van der Waals surface area contributed by atoms with Gasteiger partial charge in [-0.1, -0.05) is 24.3 Å². The van der Waals surface area contributed by atoms with Gasteiger partial charge in [-0.25, -0.2) is 0 Å². The molecule has 1 atom stereocenters. The highest BCUT2D eigenvalue weighted by atomic mass is 16.3. The molecule has 1 heterocycles. The van der Waals surface area contributed by atoms with Crippen LogP contribution in [-0.2, 0) is 0 Å². The average Bonchev–Trinajstić information content (AvgIpc) is 2.61. The summed E-state index contributed by atoms with van der Waals surface area (Å²) in [6.07, 6.45) is 10.5. The Labute approximate surface area is 134 Å². The molecular formula is C19H28N2O. The Balaban J connectivity index is 1.61. The molecule has 3 nitrogen and oxygen atoms in total. The van der Waals surface area contributed by atoms with Crippen LogP contribution < -0.4 is 10.2 Å². The number of rotatable bonds is 5. The molecule has 2 N–H and O–H groups in total. The van der Waals surface area contributed by atoms with Crippen molar-refractivity contribution >= 4 is 11.4 Å². The van der Waals surface area contributed by atoms with Crippen LogP contribution in [0.15, 0.2) is 36.4 Å². The number of nitrogens with zero attached hydrogens (tertiary/aromatic N) is 1. The second-order valence-corrected chi connectivity index (χ2v) is 6.66. The summed E-state index contributed by atoms with van der Waals surface area (Å²) in [7, 11) is 0. The first-order valence-electron chi connectivity index (χ1n) is 8.70. The highest BCUT2D eigenvalue weighted by Crippen LogP contribution is 2.30. The van der Waals surface area contributed by atoms with E-state index < -0.39 is 0 Å². The summed E-state index contributed by atoms with van der Waals surface area (Å²) in [5, 5.41) is 13.0. The molecule has 22 heavy (non-hydrogen) atoms. The largest absolute Gasteiger partial charge is 0.396 e. The zero-order valence-corrected chi connectivity index (χ0v) is 13.4. The third-order valence-corrected chi connectivity index (χ3v) is 5.08. The van der Waals surface area contributed by atoms with Crippen LogP contribution in [0.25, 0.3) is 0 Å². The summed E-state index contributed by atoms with van der Waals surface area (Å²) in [5.41, 5.74) is 2.59. The summed E-state index contributed by atoms with van der Waals surface area (Å²) in [6.45, 7) is 3.50. The van der Waals surface area contributed by atoms with Gasteiger partial charge in [-0.3, -0.25) is 0 Å². The monoisotopic (exact) mass is 300 g/mol. The van der Waals surface area contributed by atoms with E-state index in [0.717, 1.165) is 38.4 Å². The first-order valence-corrected chi connectivity index (χ1v) is 8.70. The smallest absolute Gasteiger partial charge is 0.0602 e. The first-order chi connectivity index (χ1) is 10.9. The predicted molar refractivity (Wildman–Crippen MR) is 93.4 cm³/mol. The van der Waals surface area contributed by atoms with Crippen molar-refractivity contribution in [3.63, 3.8) is 0 Å². The quantitative estimate of drug-likeness (QED) is 0.815. The molecule has 120 valence electrons. The predicted octanol–water partition coefficient (Wildman–Crippen LogP) is 3.66. The highest BCUT2D eigenvalue weighted by Gasteiger charge is 2.20. The van der Waals surface area contributed by atoms with Gasteiger partial charge < -0.3 is 15.3 Å². The van der Waals surface area contributed by atoms with Crippen LogP contribution in [0, 0.1) is 11.8 Å². The molecule has 3 heteroatoms. The van der Waals surface area contributed by atoms with Crippen molar-refractivity contribution < 1.29 is 5.11 Å². The lowest BCUT2D eigenvalue weighted by molar-refractivity contribution is 0.203. The summed E-state index contributed by atoms with van der Waals surface area (Å²) >= 11 is 0. The number of aliphatic hydroxyl groups is 1. The van der Waals surface area contributed by atoms with Gasteiger partial charge in [0.05, 0.1) is 11.4 Å². The van der Waals surface area contributed by atoms with Crippen LogP contribution in [0.4, 0.5) is 11.4 Å². The van der Waals surface area contributed by atoms with E-state index in [1.807, 2.05) is 0 Å². The third kappa shape index (κ3) is 3.83. The minimum atomic E-state index is 0.336. The minimum Gasteiger partial charge on any atom is -0.396 e. The van der Waals surface area contributed by atoms with Gasteiger partial charge in [0.2, 0.25) is 0 Å². The van der Waals surface area contributed by atoms with Crippen molar-refractivity contribution in [2.75, 3.05) is 36.5 Å². The fraction of sp³-hybridized carbons (Fsp3) is 0.579. The number of hydrogen-bond donors (Lipinski definition) is 2. The highest BCUT2D eigenvalue weighted by molar-refractivity contribution is 5.70. The molecular weight excluding hydrogens is 272 g/mol. The van der Waals surface area contributed by atoms with E-state index in [9.17, 15) is 5.11 Å². The van der Waals surface area contributed by atoms with Gasteiger partial charge in [0.1, 0.15) is 0 Å². The minimum absolute atomic E-state index is 0.336. The van der Waals surface area contributed by atoms with Gasteiger partial charge in [0.15, 0.2) is 0 Å². The van der Waals surface area contributed by atoms with Crippen LogP contribution in [0.3, 0.4) is 0 Å². The molecule has 2 aliphatic rings. The number of allylic oxidation sites excluding steroid dienone is 2. The van der Waals surface area contributed by atoms with Gasteiger partial charge in [0.25, 0.3) is 0 Å². The zero-order chi connectivity index (χ0) is 15.2. The Morgan fingerprint density at radius 2 is 1.86 bits per heavy atom. The van der Waals surface area contributed by atoms with E-state index in [4.69, 9.17) is 0 Å². The van der Waals surface area contributed by atoms with E-state index in [1.54, 1.807) is 0 Å². The van der Waals surface area contributed by atoms with E-state index in [-0.39, 0.29) is 0 Å². The molecule has 1 aliphatic heterocycles. The van der Waals surface area contributed by atoms with Gasteiger partial charge in [-0.2, -0.15) is 0 Å². The Morgan fingerprint density at radius 1 is 1.05 bits per heavy atom. The van der Waals surface area contributed by atoms with Crippen LogP contribution in [0.2, 0.25) is 0 Å². The normalized spacial score (nSPS) is 22.8. The zero-order valence-electron chi connectivity index (χ0n) is 13.4. The topological polar surface area (TPSA) is 35.5 Å². The lowest BCUT2D eigenvalue weighted by Gasteiger charge is -2.34. The van der Waals surface area contributed by atoms with Crippen LogP contribution in [0.1, 0.15) is 32.1 Å². The molecule has 0 spiro atoms. The molecule has 0 aromatic heterocycles. The molecule has 1 aliphatic carbocycles. The van der Waals surface area contributed by atoms with Crippen molar-refractivity contribution in [3.8, 4) is 0 Å². The van der Waals surface area contributed by atoms with Crippen LogP contribution >= 0.6 is 0 Å². The van der Waals surface area contributed by atoms with Gasteiger partial charge in [0, 0.05) is 26.2 Å². The Hall–Kier alpha value is -1.48. The number of para-hydroxylation sites is 2. The number of piperidine rings is 1. The molecule has 0 bridgehead atoms. The number of nitrogens with one attached hydrogen (secondary N) is 1. The second kappa shape index (κ2) is 7.68. The van der Waals surface area contributed by atoms with Crippen LogP contribution in [0.5, 0.6) is 0 Å². The Kier molecular flexibility index (Phi) is 5.38. The summed E-state index contributed by atoms with van der Waals surface area (Å²) in [4.78, 5) is 2.47. The lowest BCUT2D eigenvalue weighted by atomic mass is 9.94. The van der Waals surface area contributed by atoms with Gasteiger partial charge in [-0.05, 0) is 56.1 Å². The van der Waals surface area contributed by atoms with E-state index in [1.165, 1.54) is 30.6 Å². The van der Waals surface area contributed by atoms with Crippen molar-refractivity contribution in [1.82, 2.24) is 0 Å². The molecule has 1 aromatic carbocycles. The summed E-state index contributed by atoms with van der Waals surface area (Å²) in [5.74, 6) is 1.25. The number of aliphatic hydroxyl groups excluding tert-OH is 1. The average molecular weight is 300 g/mol. The van der Waals surface area contributed by atoms with Crippen molar-refractivity contribution in [2.45, 2.75) is 32.1 Å². The standard InChI is InChI=1S/C19H28N2O/c22-15-17-10-12-21(13-11-17)19-9-5-4-8-18(19)20-14-16-6-2-1-3-7-16/h1-2,4-5,8-9,16-17,20,22H,3,6-7,10-15H2. The summed E-state index contributed by atoms with van der Waals surface area (Å²) < 4.78 is 0. The van der Waals surface area contributed by atoms with Crippen molar-refractivity contribution in [1.29, 1.82) is 0 Å². The molecule has 1 aromatic rings. The fourth-order valence-electron chi connectivity index (χ4n) is 3.55. The molecule has 0 radical (unpaired) electrons. The number of benzene rings is 1. The third-order valence-electron chi connectivity index (χ3n) is 5.08. The van der Waals surface area contributed by atoms with Gasteiger partial charge >= 0.3 is 0 Å². The van der Waals surface area contributed by atoms with E-state index >= 15 is 0 Å². The van der Waals surface area contributed by atoms with Crippen molar-refractivity contribution in [2.24, 2.45) is 11.8 Å². The van der Waals surface area contributed by atoms with E-state index in [2.05, 4.69) is 46.6 Å². The molecule has 1 unspecified atom stereocenters. The molecule has 3 rings (SSSR count). The first kappa shape index (κ1) is 15.4. The Morgan fingerprint density at radius 3 is 2.59 bits per heavy atom. The maximum Gasteiger partial charge on any atom is 0.0602 e. The lowest BCUT2D eigenvalue weighted by Crippen LogP contribution is -2.35. The maximum absolute atomic E-state index is 9.29. The fourth-order valence-corrected chi connectivity index (χ4v) is 3.55. The van der Waals surface area contributed by atoms with Gasteiger partial charge in [-0.15, -0.1) is 0 Å². The Bertz CT molecular complexity index is 492. The number of anilines is 2. The molecule has 1 fully saturated rings.